The van der Waals surface area contributed by atoms with Crippen LogP contribution in [-0.4, -0.2) is 29.4 Å². The van der Waals surface area contributed by atoms with Crippen molar-refractivity contribution in [2.24, 2.45) is 17.1 Å². The first kappa shape index (κ1) is 15.4. The summed E-state index contributed by atoms with van der Waals surface area (Å²) in [6, 6.07) is 0. The van der Waals surface area contributed by atoms with Crippen molar-refractivity contribution in [2.45, 2.75) is 54.0 Å². The zero-order valence-corrected chi connectivity index (χ0v) is 11.9. The molecular formula is C13H28N2O. The van der Waals surface area contributed by atoms with Crippen LogP contribution in [0.5, 0.6) is 0 Å². The first-order valence-corrected chi connectivity index (χ1v) is 6.12. The zero-order chi connectivity index (χ0) is 13.1. The van der Waals surface area contributed by atoms with E-state index in [-0.39, 0.29) is 5.91 Å². The maximum atomic E-state index is 12.4. The predicted molar refractivity (Wildman–Crippen MR) is 69.1 cm³/mol. The van der Waals surface area contributed by atoms with E-state index in [1.807, 2.05) is 39.5 Å². The van der Waals surface area contributed by atoms with Crippen molar-refractivity contribution in [1.29, 1.82) is 0 Å². The Kier molecular flexibility index (Phi) is 4.99. The lowest BCUT2D eigenvalue weighted by Crippen LogP contribution is -2.56. The molecule has 0 bridgehead atoms. The minimum Gasteiger partial charge on any atom is -0.342 e. The summed E-state index contributed by atoms with van der Waals surface area (Å²) in [5.74, 6) is 0.636. The molecule has 0 unspecified atom stereocenters. The average molecular weight is 228 g/mol. The van der Waals surface area contributed by atoms with Crippen LogP contribution in [0.25, 0.3) is 0 Å². The van der Waals surface area contributed by atoms with Gasteiger partial charge in [-0.25, -0.2) is 0 Å². The van der Waals surface area contributed by atoms with Crippen LogP contribution in [0.1, 0.15) is 48.5 Å². The molecule has 0 saturated carbocycles. The first-order valence-electron chi connectivity index (χ1n) is 6.12. The predicted octanol–water partition coefficient (Wildman–Crippen LogP) is 2.25. The highest BCUT2D eigenvalue weighted by Gasteiger charge is 2.42. The quantitative estimate of drug-likeness (QED) is 0.784. The third kappa shape index (κ3) is 3.48. The summed E-state index contributed by atoms with van der Waals surface area (Å²) in [4.78, 5) is 14.3. The zero-order valence-electron chi connectivity index (χ0n) is 11.9. The Morgan fingerprint density at radius 2 is 1.69 bits per heavy atom. The molecule has 0 aromatic carbocycles. The smallest absolute Gasteiger partial charge is 0.230 e. The number of hydrogen-bond acceptors (Lipinski definition) is 2. The Bertz CT molecular complexity index is 239. The lowest BCUT2D eigenvalue weighted by Gasteiger charge is -2.41. The van der Waals surface area contributed by atoms with Gasteiger partial charge in [-0.15, -0.1) is 0 Å². The standard InChI is InChI=1S/C13H28N2O/c1-8-15(9-10(2)3)11(16)12(4,5)13(6,7)14/h10H,8-9,14H2,1-7H3. The van der Waals surface area contributed by atoms with Gasteiger partial charge in [0.2, 0.25) is 5.91 Å². The molecule has 3 nitrogen and oxygen atoms in total. The molecular weight excluding hydrogens is 200 g/mol. The first-order chi connectivity index (χ1) is 7.04. The second-order valence-electron chi connectivity index (χ2n) is 6.08. The van der Waals surface area contributed by atoms with Gasteiger partial charge in [0.05, 0.1) is 5.41 Å². The van der Waals surface area contributed by atoms with Crippen LogP contribution in [0.4, 0.5) is 0 Å². The number of rotatable bonds is 5. The van der Waals surface area contributed by atoms with Crippen LogP contribution in [0.3, 0.4) is 0 Å². The van der Waals surface area contributed by atoms with Gasteiger partial charge in [-0.1, -0.05) is 13.8 Å². The summed E-state index contributed by atoms with van der Waals surface area (Å²) >= 11 is 0. The van der Waals surface area contributed by atoms with Gasteiger partial charge in [-0.05, 0) is 40.5 Å². The third-order valence-corrected chi connectivity index (χ3v) is 3.40. The second kappa shape index (κ2) is 5.17. The molecule has 0 saturated heterocycles. The fourth-order valence-corrected chi connectivity index (χ4v) is 1.47. The molecule has 3 heteroatoms. The van der Waals surface area contributed by atoms with Gasteiger partial charge in [0.1, 0.15) is 0 Å². The van der Waals surface area contributed by atoms with Crippen LogP contribution in [-0.2, 0) is 4.79 Å². The molecule has 0 aliphatic carbocycles. The summed E-state index contributed by atoms with van der Waals surface area (Å²) in [5, 5.41) is 0. The van der Waals surface area contributed by atoms with Crippen molar-refractivity contribution in [3.63, 3.8) is 0 Å². The van der Waals surface area contributed by atoms with Crippen LogP contribution in [0, 0.1) is 11.3 Å². The summed E-state index contributed by atoms with van der Waals surface area (Å²) in [6.45, 7) is 15.5. The van der Waals surface area contributed by atoms with Crippen LogP contribution in [0.15, 0.2) is 0 Å². The Hall–Kier alpha value is -0.570. The van der Waals surface area contributed by atoms with Gasteiger partial charge in [0.15, 0.2) is 0 Å². The highest BCUT2D eigenvalue weighted by atomic mass is 16.2. The fourth-order valence-electron chi connectivity index (χ4n) is 1.47. The molecule has 0 heterocycles. The van der Waals surface area contributed by atoms with Crippen molar-refractivity contribution < 1.29 is 4.79 Å². The van der Waals surface area contributed by atoms with E-state index >= 15 is 0 Å². The Labute approximate surface area is 100 Å². The molecule has 16 heavy (non-hydrogen) atoms. The minimum absolute atomic E-state index is 0.149. The van der Waals surface area contributed by atoms with Crippen molar-refractivity contribution in [2.75, 3.05) is 13.1 Å². The molecule has 0 radical (unpaired) electrons. The molecule has 0 atom stereocenters. The minimum atomic E-state index is -0.530. The third-order valence-electron chi connectivity index (χ3n) is 3.40. The SMILES string of the molecule is CCN(CC(C)C)C(=O)C(C)(C)C(C)(C)N. The highest BCUT2D eigenvalue weighted by molar-refractivity contribution is 5.83. The lowest BCUT2D eigenvalue weighted by atomic mass is 9.74. The van der Waals surface area contributed by atoms with E-state index in [2.05, 4.69) is 13.8 Å². The van der Waals surface area contributed by atoms with E-state index in [9.17, 15) is 4.79 Å². The van der Waals surface area contributed by atoms with Crippen LogP contribution >= 0.6 is 0 Å². The van der Waals surface area contributed by atoms with E-state index in [1.165, 1.54) is 0 Å². The number of nitrogens with two attached hydrogens (primary N) is 1. The van der Waals surface area contributed by atoms with Crippen molar-refractivity contribution >= 4 is 5.91 Å². The van der Waals surface area contributed by atoms with Gasteiger partial charge in [-0.2, -0.15) is 0 Å². The van der Waals surface area contributed by atoms with Gasteiger partial charge >= 0.3 is 0 Å². The molecule has 2 N–H and O–H groups in total. The van der Waals surface area contributed by atoms with Crippen LogP contribution in [0.2, 0.25) is 0 Å². The largest absolute Gasteiger partial charge is 0.342 e. The molecule has 0 aromatic heterocycles. The van der Waals surface area contributed by atoms with Gasteiger partial charge in [0.25, 0.3) is 0 Å². The van der Waals surface area contributed by atoms with E-state index < -0.39 is 11.0 Å². The lowest BCUT2D eigenvalue weighted by molar-refractivity contribution is -0.143. The average Bonchev–Trinajstić information content (AvgIpc) is 2.10. The van der Waals surface area contributed by atoms with Crippen molar-refractivity contribution in [1.82, 2.24) is 4.90 Å². The van der Waals surface area contributed by atoms with Gasteiger partial charge < -0.3 is 10.6 Å². The number of nitrogens with zero attached hydrogens (tertiary/aromatic N) is 1. The molecule has 96 valence electrons. The van der Waals surface area contributed by atoms with Crippen molar-refractivity contribution in [3.8, 4) is 0 Å². The number of hydrogen-bond donors (Lipinski definition) is 1. The molecule has 0 spiro atoms. The molecule has 0 aromatic rings. The maximum Gasteiger partial charge on any atom is 0.230 e. The number of carbonyl (C=O) groups excluding carboxylic acids is 1. The topological polar surface area (TPSA) is 46.3 Å². The summed E-state index contributed by atoms with van der Waals surface area (Å²) in [6.07, 6.45) is 0. The highest BCUT2D eigenvalue weighted by Crippen LogP contribution is 2.30. The molecule has 1 amide bonds. The maximum absolute atomic E-state index is 12.4. The molecule has 0 fully saturated rings. The van der Waals surface area contributed by atoms with E-state index in [1.54, 1.807) is 0 Å². The fraction of sp³-hybridized carbons (Fsp3) is 0.923. The Balaban J connectivity index is 4.88. The summed E-state index contributed by atoms with van der Waals surface area (Å²) < 4.78 is 0. The van der Waals surface area contributed by atoms with E-state index in [0.29, 0.717) is 5.92 Å². The summed E-state index contributed by atoms with van der Waals surface area (Å²) in [5.41, 5.74) is 5.05. The number of amides is 1. The monoisotopic (exact) mass is 228 g/mol. The molecule has 0 aliphatic heterocycles. The van der Waals surface area contributed by atoms with Crippen LogP contribution < -0.4 is 5.73 Å². The van der Waals surface area contributed by atoms with E-state index in [4.69, 9.17) is 5.73 Å². The molecule has 0 rings (SSSR count). The Morgan fingerprint density at radius 3 is 1.94 bits per heavy atom. The van der Waals surface area contributed by atoms with Crippen molar-refractivity contribution in [3.05, 3.63) is 0 Å². The van der Waals surface area contributed by atoms with Gasteiger partial charge in [0, 0.05) is 18.6 Å². The molecule has 0 aliphatic rings. The van der Waals surface area contributed by atoms with Gasteiger partial charge in [-0.3, -0.25) is 4.79 Å². The second-order valence-corrected chi connectivity index (χ2v) is 6.08. The Morgan fingerprint density at radius 1 is 1.25 bits per heavy atom. The normalized spacial score (nSPS) is 13.1. The number of carbonyl (C=O) groups is 1. The summed E-state index contributed by atoms with van der Waals surface area (Å²) in [7, 11) is 0. The van der Waals surface area contributed by atoms with E-state index in [0.717, 1.165) is 13.1 Å².